The Morgan fingerprint density at radius 2 is 2.04 bits per heavy atom. The zero-order valence-electron chi connectivity index (χ0n) is 16.1. The minimum atomic E-state index is 0. The summed E-state index contributed by atoms with van der Waals surface area (Å²) in [5, 5.41) is 11.1. The normalized spacial score (nSPS) is 11.2. The van der Waals surface area contributed by atoms with Crippen molar-refractivity contribution in [3.05, 3.63) is 35.2 Å². The van der Waals surface area contributed by atoms with Gasteiger partial charge in [-0.1, -0.05) is 28.9 Å². The Morgan fingerprint density at radius 3 is 2.79 bits per heavy atom. The molecular weight excluding hydrogens is 497 g/mol. The van der Waals surface area contributed by atoms with Crippen LogP contribution in [0, 0.1) is 0 Å². The lowest BCUT2D eigenvalue weighted by Crippen LogP contribution is -2.39. The second-order valence-corrected chi connectivity index (χ2v) is 6.09. The lowest BCUT2D eigenvalue weighted by Gasteiger charge is -2.11. The van der Waals surface area contributed by atoms with Crippen LogP contribution in [0.5, 0.6) is 0 Å². The standard InChI is InChI=1S/C18H26ClN5O3.HI/c1-20-18(21-8-4-10-26-12-11-25-2)22-9-7-16-23-17(24-27-16)14-5-3-6-15(19)13-14;/h3,5-6,13H,4,7-12H2,1-2H3,(H2,20,21,22);1H. The van der Waals surface area contributed by atoms with Crippen molar-refractivity contribution in [2.45, 2.75) is 12.8 Å². The van der Waals surface area contributed by atoms with E-state index in [1.165, 1.54) is 0 Å². The Hall–Kier alpha value is -1.43. The summed E-state index contributed by atoms with van der Waals surface area (Å²) in [4.78, 5) is 8.57. The van der Waals surface area contributed by atoms with E-state index in [-0.39, 0.29) is 24.0 Å². The average Bonchev–Trinajstić information content (AvgIpc) is 3.15. The van der Waals surface area contributed by atoms with Gasteiger partial charge in [-0.2, -0.15) is 4.98 Å². The topological polar surface area (TPSA) is 93.8 Å². The highest BCUT2D eigenvalue weighted by Crippen LogP contribution is 2.19. The molecule has 2 aromatic rings. The summed E-state index contributed by atoms with van der Waals surface area (Å²) in [6, 6.07) is 7.36. The van der Waals surface area contributed by atoms with Crippen LogP contribution in [0.25, 0.3) is 11.4 Å². The minimum Gasteiger partial charge on any atom is -0.382 e. The van der Waals surface area contributed by atoms with Crippen LogP contribution in [0.1, 0.15) is 12.3 Å². The van der Waals surface area contributed by atoms with Crippen molar-refractivity contribution in [1.82, 2.24) is 20.8 Å². The van der Waals surface area contributed by atoms with E-state index in [4.69, 9.17) is 25.6 Å². The van der Waals surface area contributed by atoms with E-state index in [0.29, 0.717) is 49.5 Å². The quantitative estimate of drug-likeness (QED) is 0.202. The van der Waals surface area contributed by atoms with Crippen molar-refractivity contribution in [2.75, 3.05) is 47.1 Å². The van der Waals surface area contributed by atoms with Gasteiger partial charge >= 0.3 is 0 Å². The van der Waals surface area contributed by atoms with Gasteiger partial charge < -0.3 is 24.6 Å². The van der Waals surface area contributed by atoms with Gasteiger partial charge in [0.05, 0.1) is 13.2 Å². The van der Waals surface area contributed by atoms with Crippen molar-refractivity contribution in [1.29, 1.82) is 0 Å². The largest absolute Gasteiger partial charge is 0.382 e. The molecule has 0 bridgehead atoms. The Labute approximate surface area is 187 Å². The number of guanidine groups is 1. The predicted octanol–water partition coefficient (Wildman–Crippen LogP) is 2.77. The summed E-state index contributed by atoms with van der Waals surface area (Å²) >= 11 is 5.99. The summed E-state index contributed by atoms with van der Waals surface area (Å²) in [6.07, 6.45) is 1.48. The van der Waals surface area contributed by atoms with Gasteiger partial charge in [0.2, 0.25) is 11.7 Å². The molecule has 1 heterocycles. The van der Waals surface area contributed by atoms with Crippen molar-refractivity contribution in [2.24, 2.45) is 4.99 Å². The molecule has 2 N–H and O–H groups in total. The zero-order valence-corrected chi connectivity index (χ0v) is 19.2. The van der Waals surface area contributed by atoms with Crippen LogP contribution in [0.2, 0.25) is 5.02 Å². The van der Waals surface area contributed by atoms with Gasteiger partial charge in [0, 0.05) is 50.9 Å². The van der Waals surface area contributed by atoms with E-state index >= 15 is 0 Å². The number of halogens is 2. The van der Waals surface area contributed by atoms with E-state index < -0.39 is 0 Å². The smallest absolute Gasteiger partial charge is 0.228 e. The maximum absolute atomic E-state index is 5.99. The number of ether oxygens (including phenoxy) is 2. The van der Waals surface area contributed by atoms with Gasteiger partial charge in [0.1, 0.15) is 0 Å². The first kappa shape index (κ1) is 24.6. The summed E-state index contributed by atoms with van der Waals surface area (Å²) in [7, 11) is 3.39. The number of aromatic nitrogens is 2. The monoisotopic (exact) mass is 523 g/mol. The lowest BCUT2D eigenvalue weighted by molar-refractivity contribution is 0.0698. The SMILES string of the molecule is CN=C(NCCCOCCOC)NCCc1nc(-c2cccc(Cl)c2)no1.I. The van der Waals surface area contributed by atoms with Crippen molar-refractivity contribution in [3.8, 4) is 11.4 Å². The van der Waals surface area contributed by atoms with Crippen molar-refractivity contribution in [3.63, 3.8) is 0 Å². The van der Waals surface area contributed by atoms with E-state index in [1.807, 2.05) is 12.1 Å². The zero-order chi connectivity index (χ0) is 19.3. The van der Waals surface area contributed by atoms with Crippen LogP contribution in [-0.2, 0) is 15.9 Å². The van der Waals surface area contributed by atoms with Crippen molar-refractivity contribution >= 4 is 41.5 Å². The fourth-order valence-electron chi connectivity index (χ4n) is 2.24. The molecule has 0 saturated heterocycles. The molecule has 0 aliphatic heterocycles. The second kappa shape index (κ2) is 14.6. The highest BCUT2D eigenvalue weighted by atomic mass is 127. The van der Waals surface area contributed by atoms with Crippen LogP contribution in [0.15, 0.2) is 33.8 Å². The van der Waals surface area contributed by atoms with Gasteiger partial charge in [-0.15, -0.1) is 24.0 Å². The van der Waals surface area contributed by atoms with E-state index in [1.54, 1.807) is 26.3 Å². The fourth-order valence-corrected chi connectivity index (χ4v) is 2.43. The van der Waals surface area contributed by atoms with Crippen LogP contribution in [-0.4, -0.2) is 63.2 Å². The molecule has 8 nitrogen and oxygen atoms in total. The molecule has 0 unspecified atom stereocenters. The Balaban J connectivity index is 0.00000392. The van der Waals surface area contributed by atoms with E-state index in [2.05, 4.69) is 25.8 Å². The Morgan fingerprint density at radius 1 is 1.21 bits per heavy atom. The Bertz CT molecular complexity index is 714. The number of nitrogens with zero attached hydrogens (tertiary/aromatic N) is 3. The number of rotatable bonds is 11. The fraction of sp³-hybridized carbons (Fsp3) is 0.500. The molecule has 0 fully saturated rings. The summed E-state index contributed by atoms with van der Waals surface area (Å²) < 4.78 is 15.6. The highest BCUT2D eigenvalue weighted by molar-refractivity contribution is 14.0. The van der Waals surface area contributed by atoms with Gasteiger partial charge in [-0.05, 0) is 18.6 Å². The number of hydrogen-bond acceptors (Lipinski definition) is 6. The third-order valence-corrected chi connectivity index (χ3v) is 3.83. The Kier molecular flexibility index (Phi) is 12.8. The summed E-state index contributed by atoms with van der Waals surface area (Å²) in [6.45, 7) is 3.31. The molecule has 0 spiro atoms. The molecule has 0 atom stereocenters. The average molecular weight is 524 g/mol. The summed E-state index contributed by atoms with van der Waals surface area (Å²) in [5.41, 5.74) is 0.829. The molecule has 0 radical (unpaired) electrons. The molecule has 0 amide bonds. The molecule has 0 aliphatic rings. The third-order valence-electron chi connectivity index (χ3n) is 3.60. The highest BCUT2D eigenvalue weighted by Gasteiger charge is 2.09. The number of hydrogen-bond donors (Lipinski definition) is 2. The van der Waals surface area contributed by atoms with Crippen molar-refractivity contribution < 1.29 is 14.0 Å². The molecular formula is C18H27ClIN5O3. The third kappa shape index (κ3) is 9.18. The van der Waals surface area contributed by atoms with Crippen LogP contribution >= 0.6 is 35.6 Å². The number of benzene rings is 1. The maximum atomic E-state index is 5.99. The van der Waals surface area contributed by atoms with Gasteiger partial charge in [0.25, 0.3) is 0 Å². The molecule has 10 heteroatoms. The number of nitrogens with one attached hydrogen (secondary N) is 2. The van der Waals surface area contributed by atoms with Gasteiger partial charge in [-0.25, -0.2) is 0 Å². The first-order valence-electron chi connectivity index (χ1n) is 8.82. The van der Waals surface area contributed by atoms with E-state index in [0.717, 1.165) is 24.5 Å². The number of aliphatic imine (C=N–C) groups is 1. The number of methoxy groups -OCH3 is 1. The molecule has 2 rings (SSSR count). The van der Waals surface area contributed by atoms with Crippen LogP contribution in [0.3, 0.4) is 0 Å². The predicted molar refractivity (Wildman–Crippen MR) is 121 cm³/mol. The van der Waals surface area contributed by atoms with Gasteiger partial charge in [-0.3, -0.25) is 4.99 Å². The molecule has 0 aliphatic carbocycles. The first-order valence-corrected chi connectivity index (χ1v) is 9.20. The van der Waals surface area contributed by atoms with E-state index in [9.17, 15) is 0 Å². The van der Waals surface area contributed by atoms with Crippen LogP contribution in [0.4, 0.5) is 0 Å². The summed E-state index contributed by atoms with van der Waals surface area (Å²) in [5.74, 6) is 1.81. The molecule has 156 valence electrons. The second-order valence-electron chi connectivity index (χ2n) is 5.66. The van der Waals surface area contributed by atoms with Crippen LogP contribution < -0.4 is 10.6 Å². The maximum Gasteiger partial charge on any atom is 0.228 e. The molecule has 0 saturated carbocycles. The lowest BCUT2D eigenvalue weighted by atomic mass is 10.2. The molecule has 28 heavy (non-hydrogen) atoms. The first-order chi connectivity index (χ1) is 13.2. The van der Waals surface area contributed by atoms with Gasteiger partial charge in [0.15, 0.2) is 5.96 Å². The molecule has 1 aromatic carbocycles. The molecule has 1 aromatic heterocycles. The minimum absolute atomic E-state index is 0.